The lowest BCUT2D eigenvalue weighted by atomic mass is 9.33. The third-order valence-corrected chi connectivity index (χ3v) is 22.8. The SMILES string of the molecule is CC(=O)OC1C(OC(=O)c2ccccc2)C(C)(C)CC2C3=CCC4C5(C)CCC(OC6OC(C(=O)O)C(O)C(OC7OCC(O)C(O)C7O)C6OC6OC(CO)C(O)C(O)C6O)C(C)(C)C5CCC4(C)C3(C)CC(O)C21COC1OC(C)C(O)C(O)C1O. The van der Waals surface area contributed by atoms with E-state index in [0.717, 1.165) is 5.57 Å². The van der Waals surface area contributed by atoms with Crippen molar-refractivity contribution in [2.24, 2.45) is 50.2 Å². The molecule has 1 aromatic carbocycles. The minimum atomic E-state index is -2.13. The van der Waals surface area contributed by atoms with Gasteiger partial charge in [0, 0.05) is 12.3 Å². The predicted octanol–water partition coefficient (Wildman–Crippen LogP) is -0.455. The van der Waals surface area contributed by atoms with Gasteiger partial charge in [0.05, 0.1) is 49.1 Å². The molecular weight excluding hydrogens is 1160 g/mol. The summed E-state index contributed by atoms with van der Waals surface area (Å²) in [5.41, 5.74) is -3.80. The molecule has 4 heterocycles. The number of esters is 2. The Balaban J connectivity index is 0.984. The van der Waals surface area contributed by atoms with E-state index >= 15 is 0 Å². The highest BCUT2D eigenvalue weighted by Gasteiger charge is 2.74. The maximum absolute atomic E-state index is 14.1. The zero-order chi connectivity index (χ0) is 64.3. The number of aliphatic hydroxyl groups excluding tert-OH is 12. The molecule has 88 heavy (non-hydrogen) atoms. The van der Waals surface area contributed by atoms with Gasteiger partial charge in [0.25, 0.3) is 0 Å². The van der Waals surface area contributed by atoms with Crippen molar-refractivity contribution in [3.63, 3.8) is 0 Å². The standard InChI is InChI=1S/C62H92O26/c1-26-37(67)40(70)43(73)54(81-26)80-25-62-30(21-57(3,4)49(50(62)82-27(2)64)88-52(78)28-13-11-10-12-14-28)29-15-16-34-59(7)19-18-36(58(5,6)33(59)17-20-60(34,8)61(29,9)22-35(62)66)84-56-48(87-55-44(74)41(71)39(69)32(23-63)83-55)46(45(75)47(86-56)51(76)77)85-53-42(72)38(68)31(65)24-79-53/h10-15,26,30-50,53-56,63,65-75H,16-25H2,1-9H3,(H,76,77). The van der Waals surface area contributed by atoms with Gasteiger partial charge in [0.2, 0.25) is 0 Å². The number of hydrogen-bond acceptors (Lipinski definition) is 25. The molecule has 4 saturated carbocycles. The lowest BCUT2D eigenvalue weighted by Crippen LogP contribution is -2.73. The van der Waals surface area contributed by atoms with Crippen LogP contribution in [0.5, 0.6) is 0 Å². The number of aliphatic hydroxyl groups is 12. The third kappa shape index (κ3) is 11.2. The van der Waals surface area contributed by atoms with Crippen LogP contribution in [0, 0.1) is 50.2 Å². The number of allylic oxidation sites excluding steroid dienone is 2. The maximum atomic E-state index is 14.1. The number of hydrogen-bond donors (Lipinski definition) is 13. The Morgan fingerprint density at radius 1 is 0.648 bits per heavy atom. The molecule has 0 radical (unpaired) electrons. The first-order valence-corrected chi connectivity index (χ1v) is 30.8. The van der Waals surface area contributed by atoms with Crippen molar-refractivity contribution in [3.05, 3.63) is 47.5 Å². The molecular formula is C62H92O26. The van der Waals surface area contributed by atoms with Crippen LogP contribution in [-0.2, 0) is 57.0 Å². The van der Waals surface area contributed by atoms with E-state index in [0.29, 0.717) is 38.5 Å². The van der Waals surface area contributed by atoms with Gasteiger partial charge >= 0.3 is 17.9 Å². The van der Waals surface area contributed by atoms with Gasteiger partial charge in [-0.3, -0.25) is 4.79 Å². The number of aliphatic carboxylic acids is 1. The van der Waals surface area contributed by atoms with Crippen molar-refractivity contribution in [2.75, 3.05) is 19.8 Å². The molecule has 30 unspecified atom stereocenters. The maximum Gasteiger partial charge on any atom is 0.338 e. The van der Waals surface area contributed by atoms with Crippen LogP contribution in [0.15, 0.2) is 42.0 Å². The van der Waals surface area contributed by atoms with Gasteiger partial charge in [-0.1, -0.05) is 78.3 Å². The van der Waals surface area contributed by atoms with Crippen LogP contribution in [0.2, 0.25) is 0 Å². The molecule has 26 nitrogen and oxygen atoms in total. The van der Waals surface area contributed by atoms with Crippen LogP contribution >= 0.6 is 0 Å². The van der Waals surface area contributed by atoms with Crippen LogP contribution in [0.3, 0.4) is 0 Å². The number of fused-ring (bicyclic) bond motifs is 7. The Hall–Kier alpha value is -3.43. The fourth-order valence-corrected chi connectivity index (χ4v) is 17.7. The van der Waals surface area contributed by atoms with Gasteiger partial charge in [-0.25, -0.2) is 9.59 Å². The second-order valence-electron chi connectivity index (χ2n) is 28.5. The number of carbonyl (C=O) groups excluding carboxylic acids is 2. The van der Waals surface area contributed by atoms with Gasteiger partial charge in [-0.05, 0) is 103 Å². The molecule has 10 rings (SSSR count). The van der Waals surface area contributed by atoms with E-state index in [1.54, 1.807) is 30.3 Å². The Morgan fingerprint density at radius 3 is 1.95 bits per heavy atom. The van der Waals surface area contributed by atoms with Crippen molar-refractivity contribution < 1.29 is 128 Å². The van der Waals surface area contributed by atoms with Gasteiger partial charge in [0.15, 0.2) is 31.3 Å². The Kier molecular flexibility index (Phi) is 19.0. The largest absolute Gasteiger partial charge is 0.479 e. The average molecular weight is 1250 g/mol. The summed E-state index contributed by atoms with van der Waals surface area (Å²) in [6, 6.07) is 8.35. The molecule has 26 heteroatoms. The molecule has 5 aliphatic carbocycles. The molecule has 9 aliphatic rings. The van der Waals surface area contributed by atoms with E-state index in [1.807, 2.05) is 27.7 Å². The van der Waals surface area contributed by atoms with Crippen LogP contribution < -0.4 is 0 Å². The first kappa shape index (κ1) is 67.5. The van der Waals surface area contributed by atoms with E-state index < -0.39 is 217 Å². The van der Waals surface area contributed by atoms with Crippen LogP contribution in [-0.4, -0.2) is 245 Å². The van der Waals surface area contributed by atoms with Gasteiger partial charge in [0.1, 0.15) is 91.6 Å². The summed E-state index contributed by atoms with van der Waals surface area (Å²) in [6.45, 7) is 15.6. The molecule has 13 N–H and O–H groups in total. The summed E-state index contributed by atoms with van der Waals surface area (Å²) < 4.78 is 61.9. The quantitative estimate of drug-likeness (QED) is 0.0637. The topological polar surface area (TPSA) is 407 Å². The highest BCUT2D eigenvalue weighted by molar-refractivity contribution is 5.89. The summed E-state index contributed by atoms with van der Waals surface area (Å²) in [5.74, 6) is -3.85. The second-order valence-corrected chi connectivity index (χ2v) is 28.5. The highest BCUT2D eigenvalue weighted by Crippen LogP contribution is 2.76. The summed E-state index contributed by atoms with van der Waals surface area (Å²) in [7, 11) is 0. The van der Waals surface area contributed by atoms with Gasteiger partial charge < -0.3 is 114 Å². The average Bonchev–Trinajstić information content (AvgIpc) is 0.707. The fourth-order valence-electron chi connectivity index (χ4n) is 17.7. The minimum absolute atomic E-state index is 0.0578. The summed E-state index contributed by atoms with van der Waals surface area (Å²) in [4.78, 5) is 40.6. The highest BCUT2D eigenvalue weighted by atomic mass is 16.8. The lowest BCUT2D eigenvalue weighted by molar-refractivity contribution is -0.392. The molecule has 30 atom stereocenters. The van der Waals surface area contributed by atoms with E-state index in [1.165, 1.54) is 13.8 Å². The van der Waals surface area contributed by atoms with Crippen molar-refractivity contribution in [1.29, 1.82) is 0 Å². The smallest absolute Gasteiger partial charge is 0.338 e. The fraction of sp³-hybridized carbons (Fsp3) is 0.823. The third-order valence-electron chi connectivity index (χ3n) is 22.8. The van der Waals surface area contributed by atoms with Crippen LogP contribution in [0.1, 0.15) is 118 Å². The molecule has 0 aromatic heterocycles. The summed E-state index contributed by atoms with van der Waals surface area (Å²) in [6.07, 6.45) is -32.5. The van der Waals surface area contributed by atoms with Crippen molar-refractivity contribution >= 4 is 17.9 Å². The lowest BCUT2D eigenvalue weighted by Gasteiger charge is -2.72. The van der Waals surface area contributed by atoms with Crippen molar-refractivity contribution in [2.45, 2.75) is 248 Å². The molecule has 496 valence electrons. The Bertz CT molecular complexity index is 2700. The number of carbonyl (C=O) groups is 3. The van der Waals surface area contributed by atoms with E-state index in [2.05, 4.69) is 26.8 Å². The first-order chi connectivity index (χ1) is 41.2. The predicted molar refractivity (Wildman–Crippen MR) is 299 cm³/mol. The number of rotatable bonds is 14. The summed E-state index contributed by atoms with van der Waals surface area (Å²) >= 11 is 0. The number of carboxylic acid groups (broad SMARTS) is 1. The molecule has 4 saturated heterocycles. The van der Waals surface area contributed by atoms with Gasteiger partial charge in [-0.2, -0.15) is 0 Å². The summed E-state index contributed by atoms with van der Waals surface area (Å²) in [5, 5.41) is 143. The zero-order valence-corrected chi connectivity index (χ0v) is 51.2. The Morgan fingerprint density at radius 2 is 1.30 bits per heavy atom. The monoisotopic (exact) mass is 1250 g/mol. The van der Waals surface area contributed by atoms with E-state index in [9.17, 15) is 80.8 Å². The molecule has 0 bridgehead atoms. The number of carboxylic acids is 1. The van der Waals surface area contributed by atoms with Crippen LogP contribution in [0.4, 0.5) is 0 Å². The molecule has 0 amide bonds. The van der Waals surface area contributed by atoms with E-state index in [4.69, 9.17) is 47.4 Å². The second kappa shape index (κ2) is 24.8. The van der Waals surface area contributed by atoms with Crippen molar-refractivity contribution in [3.8, 4) is 0 Å². The van der Waals surface area contributed by atoms with Crippen LogP contribution in [0.25, 0.3) is 0 Å². The zero-order valence-electron chi connectivity index (χ0n) is 51.2. The van der Waals surface area contributed by atoms with Crippen molar-refractivity contribution in [1.82, 2.24) is 0 Å². The molecule has 4 aliphatic heterocycles. The molecule has 0 spiro atoms. The Labute approximate surface area is 510 Å². The molecule has 8 fully saturated rings. The van der Waals surface area contributed by atoms with Gasteiger partial charge in [-0.15, -0.1) is 0 Å². The minimum Gasteiger partial charge on any atom is -0.479 e. The number of benzene rings is 1. The van der Waals surface area contributed by atoms with E-state index in [-0.39, 0.29) is 23.8 Å². The number of ether oxygens (including phenoxy) is 10. The normalized spacial score (nSPS) is 49.8. The molecule has 1 aromatic rings. The first-order valence-electron chi connectivity index (χ1n) is 30.8.